The van der Waals surface area contributed by atoms with Gasteiger partial charge in [0.25, 0.3) is 0 Å². The predicted octanol–water partition coefficient (Wildman–Crippen LogP) is 2.58. The number of aromatic nitrogens is 3. The second kappa shape index (κ2) is 8.01. The molecule has 1 aromatic heterocycles. The van der Waals surface area contributed by atoms with E-state index in [1.807, 2.05) is 62.4 Å². The van der Waals surface area contributed by atoms with Crippen LogP contribution in [0.4, 0.5) is 5.82 Å². The van der Waals surface area contributed by atoms with Gasteiger partial charge in [0, 0.05) is 13.1 Å². The Morgan fingerprint density at radius 1 is 1.11 bits per heavy atom. The van der Waals surface area contributed by atoms with E-state index in [2.05, 4.69) is 10.2 Å². The lowest BCUT2D eigenvalue weighted by molar-refractivity contribution is 0.0690. The lowest BCUT2D eigenvalue weighted by Gasteiger charge is -2.21. The lowest BCUT2D eigenvalue weighted by atomic mass is 10.1. The summed E-state index contributed by atoms with van der Waals surface area (Å²) in [5.41, 5.74) is 3.62. The molecule has 0 bridgehead atoms. The van der Waals surface area contributed by atoms with E-state index >= 15 is 0 Å². The molecule has 0 unspecified atom stereocenters. The van der Waals surface area contributed by atoms with Gasteiger partial charge in [0.1, 0.15) is 0 Å². The number of aliphatic hydroxyl groups is 1. The molecular formula is C20H22N4O3. The normalized spacial score (nSPS) is 10.8. The summed E-state index contributed by atoms with van der Waals surface area (Å²) in [6.07, 6.45) is 0. The Morgan fingerprint density at radius 2 is 1.85 bits per heavy atom. The van der Waals surface area contributed by atoms with Gasteiger partial charge in [-0.3, -0.25) is 0 Å². The number of nitrogens with zero attached hydrogens (tertiary/aromatic N) is 4. The third-order valence-electron chi connectivity index (χ3n) is 4.25. The summed E-state index contributed by atoms with van der Waals surface area (Å²) in [6, 6.07) is 15.4. The number of benzene rings is 2. The van der Waals surface area contributed by atoms with Crippen molar-refractivity contribution in [2.24, 2.45) is 0 Å². The lowest BCUT2D eigenvalue weighted by Crippen LogP contribution is -2.28. The van der Waals surface area contributed by atoms with Gasteiger partial charge >= 0.3 is 5.97 Å². The number of hydrogen-bond donors (Lipinski definition) is 2. The zero-order valence-electron chi connectivity index (χ0n) is 15.3. The van der Waals surface area contributed by atoms with Gasteiger partial charge in [0.2, 0.25) is 5.69 Å². The first-order valence-corrected chi connectivity index (χ1v) is 8.67. The summed E-state index contributed by atoms with van der Waals surface area (Å²) in [6.45, 7) is 4.47. The monoisotopic (exact) mass is 366 g/mol. The summed E-state index contributed by atoms with van der Waals surface area (Å²) >= 11 is 0. The summed E-state index contributed by atoms with van der Waals surface area (Å²) in [7, 11) is 0. The van der Waals surface area contributed by atoms with Crippen LogP contribution in [0.5, 0.6) is 0 Å². The number of anilines is 1. The Kier molecular flexibility index (Phi) is 5.52. The summed E-state index contributed by atoms with van der Waals surface area (Å²) < 4.78 is 0. The van der Waals surface area contributed by atoms with Gasteiger partial charge < -0.3 is 15.1 Å². The zero-order chi connectivity index (χ0) is 19.4. The van der Waals surface area contributed by atoms with E-state index < -0.39 is 5.97 Å². The van der Waals surface area contributed by atoms with Crippen LogP contribution in [0, 0.1) is 13.8 Å². The minimum atomic E-state index is -1.16. The van der Waals surface area contributed by atoms with Crippen LogP contribution in [0.1, 0.15) is 27.2 Å². The molecular weight excluding hydrogens is 344 g/mol. The van der Waals surface area contributed by atoms with E-state index in [4.69, 9.17) is 0 Å². The number of carboxylic acid groups (broad SMARTS) is 1. The number of aryl methyl sites for hydroxylation is 2. The van der Waals surface area contributed by atoms with Gasteiger partial charge in [-0.15, -0.1) is 15.0 Å². The van der Waals surface area contributed by atoms with Crippen LogP contribution < -0.4 is 4.90 Å². The number of aliphatic hydroxyl groups excluding tert-OH is 1. The van der Waals surface area contributed by atoms with E-state index in [1.165, 1.54) is 4.80 Å². The standard InChI is InChI=1S/C20H22N4O3/c1-14-8-9-17(15(2)12-14)24-21-18(20(26)27)19(22-24)23(10-11-25)13-16-6-4-3-5-7-16/h3-9,12,25H,10-11,13H2,1-2H3,(H,26,27). The van der Waals surface area contributed by atoms with Crippen molar-refractivity contribution in [1.29, 1.82) is 0 Å². The van der Waals surface area contributed by atoms with Gasteiger partial charge in [-0.1, -0.05) is 48.0 Å². The first-order chi connectivity index (χ1) is 13.0. The molecule has 3 aromatic rings. The van der Waals surface area contributed by atoms with Crippen LogP contribution in [0.25, 0.3) is 5.69 Å². The molecule has 2 aromatic carbocycles. The van der Waals surface area contributed by atoms with Crippen molar-refractivity contribution in [3.8, 4) is 5.69 Å². The molecule has 0 amide bonds. The highest BCUT2D eigenvalue weighted by molar-refractivity contribution is 5.91. The summed E-state index contributed by atoms with van der Waals surface area (Å²) in [5.74, 6) is -0.919. The highest BCUT2D eigenvalue weighted by Gasteiger charge is 2.24. The van der Waals surface area contributed by atoms with Crippen molar-refractivity contribution in [3.63, 3.8) is 0 Å². The van der Waals surface area contributed by atoms with E-state index in [0.29, 0.717) is 6.54 Å². The van der Waals surface area contributed by atoms with E-state index in [0.717, 1.165) is 22.4 Å². The first-order valence-electron chi connectivity index (χ1n) is 8.67. The van der Waals surface area contributed by atoms with Crippen molar-refractivity contribution in [1.82, 2.24) is 15.0 Å². The largest absolute Gasteiger partial charge is 0.476 e. The Bertz CT molecular complexity index is 938. The third kappa shape index (κ3) is 4.15. The summed E-state index contributed by atoms with van der Waals surface area (Å²) in [4.78, 5) is 14.8. The van der Waals surface area contributed by atoms with Crippen molar-refractivity contribution in [3.05, 3.63) is 70.9 Å². The minimum absolute atomic E-state index is 0.123. The molecule has 140 valence electrons. The molecule has 7 nitrogen and oxygen atoms in total. The molecule has 2 N–H and O–H groups in total. The van der Waals surface area contributed by atoms with Gasteiger partial charge in [-0.05, 0) is 31.0 Å². The van der Waals surface area contributed by atoms with Crippen molar-refractivity contribution < 1.29 is 15.0 Å². The van der Waals surface area contributed by atoms with Crippen molar-refractivity contribution >= 4 is 11.8 Å². The predicted molar refractivity (Wildman–Crippen MR) is 102 cm³/mol. The van der Waals surface area contributed by atoms with Gasteiger partial charge in [0.05, 0.1) is 12.3 Å². The van der Waals surface area contributed by atoms with Crippen LogP contribution in [-0.4, -0.2) is 44.3 Å². The molecule has 0 spiro atoms. The number of rotatable bonds is 7. The minimum Gasteiger partial charge on any atom is -0.476 e. The second-order valence-corrected chi connectivity index (χ2v) is 6.39. The Labute approximate surface area is 157 Å². The molecule has 0 radical (unpaired) electrons. The maximum atomic E-state index is 11.8. The molecule has 3 rings (SSSR count). The van der Waals surface area contributed by atoms with Crippen LogP contribution in [-0.2, 0) is 6.54 Å². The first kappa shape index (κ1) is 18.6. The van der Waals surface area contributed by atoms with E-state index in [-0.39, 0.29) is 24.7 Å². The van der Waals surface area contributed by atoms with E-state index in [1.54, 1.807) is 4.90 Å². The molecule has 1 heterocycles. The third-order valence-corrected chi connectivity index (χ3v) is 4.25. The maximum absolute atomic E-state index is 11.8. The van der Waals surface area contributed by atoms with Crippen LogP contribution in [0.15, 0.2) is 48.5 Å². The number of aromatic carboxylic acids is 1. The quantitative estimate of drug-likeness (QED) is 0.668. The van der Waals surface area contributed by atoms with Crippen molar-refractivity contribution in [2.45, 2.75) is 20.4 Å². The molecule has 0 aliphatic heterocycles. The second-order valence-electron chi connectivity index (χ2n) is 6.39. The molecule has 0 saturated heterocycles. The Morgan fingerprint density at radius 3 is 2.48 bits per heavy atom. The zero-order valence-corrected chi connectivity index (χ0v) is 15.3. The molecule has 0 fully saturated rings. The molecule has 0 atom stereocenters. The van der Waals surface area contributed by atoms with E-state index in [9.17, 15) is 15.0 Å². The highest BCUT2D eigenvalue weighted by Crippen LogP contribution is 2.22. The fourth-order valence-corrected chi connectivity index (χ4v) is 2.97. The number of carbonyl (C=O) groups is 1. The van der Waals surface area contributed by atoms with Crippen molar-refractivity contribution in [2.75, 3.05) is 18.1 Å². The van der Waals surface area contributed by atoms with Gasteiger partial charge in [-0.2, -0.15) is 0 Å². The topological polar surface area (TPSA) is 91.5 Å². The average molecular weight is 366 g/mol. The highest BCUT2D eigenvalue weighted by atomic mass is 16.4. The Hall–Kier alpha value is -3.19. The van der Waals surface area contributed by atoms with Crippen LogP contribution >= 0.6 is 0 Å². The molecule has 0 aliphatic carbocycles. The Balaban J connectivity index is 2.03. The maximum Gasteiger partial charge on any atom is 0.360 e. The fourth-order valence-electron chi connectivity index (χ4n) is 2.97. The SMILES string of the molecule is Cc1ccc(-n2nc(C(=O)O)c(N(CCO)Cc3ccccc3)n2)c(C)c1. The summed E-state index contributed by atoms with van der Waals surface area (Å²) in [5, 5.41) is 27.7. The average Bonchev–Trinajstić information content (AvgIpc) is 3.07. The molecule has 0 aliphatic rings. The number of hydrogen-bond acceptors (Lipinski definition) is 5. The van der Waals surface area contributed by atoms with Gasteiger partial charge in [-0.25, -0.2) is 4.79 Å². The van der Waals surface area contributed by atoms with Gasteiger partial charge in [0.15, 0.2) is 5.82 Å². The fraction of sp³-hybridized carbons (Fsp3) is 0.250. The molecule has 27 heavy (non-hydrogen) atoms. The molecule has 0 saturated carbocycles. The molecule has 7 heteroatoms. The smallest absolute Gasteiger partial charge is 0.360 e. The number of carboxylic acids is 1. The van der Waals surface area contributed by atoms with Crippen LogP contribution in [0.3, 0.4) is 0 Å². The van der Waals surface area contributed by atoms with Crippen LogP contribution in [0.2, 0.25) is 0 Å².